The number of benzene rings is 2. The lowest BCUT2D eigenvalue weighted by molar-refractivity contribution is -0.123. The van der Waals surface area contributed by atoms with Crippen molar-refractivity contribution in [3.63, 3.8) is 0 Å². The molecule has 2 N–H and O–H groups in total. The molecule has 0 radical (unpaired) electrons. The van der Waals surface area contributed by atoms with Gasteiger partial charge in [0.05, 0.1) is 5.52 Å². The number of H-pyrrole nitrogens is 1. The second-order valence-corrected chi connectivity index (χ2v) is 5.97. The number of hydrogen-bond donors (Lipinski definition) is 2. The molecule has 1 heterocycles. The number of aromatic nitrogens is 1. The van der Waals surface area contributed by atoms with Gasteiger partial charge in [0.2, 0.25) is 0 Å². The van der Waals surface area contributed by atoms with Gasteiger partial charge in [-0.3, -0.25) is 9.59 Å². The van der Waals surface area contributed by atoms with E-state index in [1.165, 1.54) is 0 Å². The summed E-state index contributed by atoms with van der Waals surface area (Å²) in [4.78, 5) is 27.1. The highest BCUT2D eigenvalue weighted by atomic mass is 16.5. The second-order valence-electron chi connectivity index (χ2n) is 5.97. The molecule has 0 bridgehead atoms. The van der Waals surface area contributed by atoms with Crippen LogP contribution < -0.4 is 15.6 Å². The Bertz CT molecular complexity index is 962. The molecular formula is C20H20N2O3. The molecule has 0 aliphatic rings. The molecule has 1 amide bonds. The number of pyridine rings is 1. The molecule has 0 atom stereocenters. The summed E-state index contributed by atoms with van der Waals surface area (Å²) in [5.41, 5.74) is 3.35. The topological polar surface area (TPSA) is 71.2 Å². The molecule has 2 aromatic carbocycles. The van der Waals surface area contributed by atoms with E-state index >= 15 is 0 Å². The van der Waals surface area contributed by atoms with Crippen LogP contribution in [0.2, 0.25) is 0 Å². The van der Waals surface area contributed by atoms with Crippen molar-refractivity contribution < 1.29 is 9.53 Å². The minimum atomic E-state index is -0.275. The van der Waals surface area contributed by atoms with Crippen LogP contribution >= 0.6 is 0 Å². The smallest absolute Gasteiger partial charge is 0.258 e. The normalized spacial score (nSPS) is 10.6. The summed E-state index contributed by atoms with van der Waals surface area (Å²) in [6, 6.07) is 14.9. The first-order valence-electron chi connectivity index (χ1n) is 8.11. The quantitative estimate of drug-likeness (QED) is 0.752. The largest absolute Gasteiger partial charge is 0.484 e. The van der Waals surface area contributed by atoms with Gasteiger partial charge in [-0.1, -0.05) is 30.3 Å². The molecule has 0 unspecified atom stereocenters. The summed E-state index contributed by atoms with van der Waals surface area (Å²) < 4.78 is 5.39. The number of aryl methyl sites for hydroxylation is 2. The van der Waals surface area contributed by atoms with Crippen molar-refractivity contribution in [2.75, 3.05) is 6.61 Å². The summed E-state index contributed by atoms with van der Waals surface area (Å²) >= 11 is 0. The Balaban J connectivity index is 1.67. The van der Waals surface area contributed by atoms with Gasteiger partial charge in [-0.2, -0.15) is 0 Å². The summed E-state index contributed by atoms with van der Waals surface area (Å²) in [5.74, 6) is 0.357. The molecule has 0 aliphatic heterocycles. The molecule has 0 saturated heterocycles. The van der Waals surface area contributed by atoms with Crippen LogP contribution in [0.15, 0.2) is 53.3 Å². The van der Waals surface area contributed by atoms with Crippen molar-refractivity contribution in [3.05, 3.63) is 75.6 Å². The van der Waals surface area contributed by atoms with Crippen LogP contribution in [0, 0.1) is 13.8 Å². The third-order valence-electron chi connectivity index (χ3n) is 4.22. The maximum atomic E-state index is 12.3. The van der Waals surface area contributed by atoms with Crippen LogP contribution in [-0.4, -0.2) is 17.5 Å². The predicted octanol–water partition coefficient (Wildman–Crippen LogP) is 2.84. The van der Waals surface area contributed by atoms with E-state index in [-0.39, 0.29) is 24.6 Å². The number of ether oxygens (including phenoxy) is 1. The first-order valence-corrected chi connectivity index (χ1v) is 8.11. The van der Waals surface area contributed by atoms with E-state index in [9.17, 15) is 9.59 Å². The Morgan fingerprint density at radius 1 is 1.12 bits per heavy atom. The number of fused-ring (bicyclic) bond motifs is 1. The van der Waals surface area contributed by atoms with Gasteiger partial charge >= 0.3 is 0 Å². The third kappa shape index (κ3) is 3.88. The fourth-order valence-corrected chi connectivity index (χ4v) is 2.61. The van der Waals surface area contributed by atoms with Crippen molar-refractivity contribution >= 4 is 16.8 Å². The van der Waals surface area contributed by atoms with Gasteiger partial charge < -0.3 is 15.0 Å². The van der Waals surface area contributed by atoms with Crippen molar-refractivity contribution in [2.45, 2.75) is 20.4 Å². The number of amides is 1. The van der Waals surface area contributed by atoms with Crippen molar-refractivity contribution in [3.8, 4) is 5.75 Å². The van der Waals surface area contributed by atoms with E-state index in [4.69, 9.17) is 4.74 Å². The Morgan fingerprint density at radius 2 is 1.88 bits per heavy atom. The van der Waals surface area contributed by atoms with Gasteiger partial charge in [-0.15, -0.1) is 0 Å². The molecule has 0 saturated carbocycles. The van der Waals surface area contributed by atoms with Crippen LogP contribution in [0.5, 0.6) is 5.75 Å². The van der Waals surface area contributed by atoms with Crippen LogP contribution in [0.25, 0.3) is 10.9 Å². The summed E-state index contributed by atoms with van der Waals surface area (Å²) in [5, 5.41) is 3.67. The maximum Gasteiger partial charge on any atom is 0.258 e. The molecule has 0 aliphatic carbocycles. The number of aromatic amines is 1. The number of rotatable bonds is 5. The summed E-state index contributed by atoms with van der Waals surface area (Å²) in [6.07, 6.45) is 0. The Hall–Kier alpha value is -3.08. The number of para-hydroxylation sites is 1. The summed E-state index contributed by atoms with van der Waals surface area (Å²) in [6.45, 7) is 4.06. The Kier molecular flexibility index (Phi) is 4.84. The molecule has 5 nitrogen and oxygen atoms in total. The highest BCUT2D eigenvalue weighted by Crippen LogP contribution is 2.18. The van der Waals surface area contributed by atoms with Crippen LogP contribution in [-0.2, 0) is 11.3 Å². The fourth-order valence-electron chi connectivity index (χ4n) is 2.61. The van der Waals surface area contributed by atoms with Gasteiger partial charge in [-0.25, -0.2) is 0 Å². The van der Waals surface area contributed by atoms with Gasteiger partial charge in [0.15, 0.2) is 6.61 Å². The predicted molar refractivity (Wildman–Crippen MR) is 97.8 cm³/mol. The van der Waals surface area contributed by atoms with Crippen molar-refractivity contribution in [1.82, 2.24) is 10.3 Å². The molecule has 3 rings (SSSR count). The molecular weight excluding hydrogens is 316 g/mol. The van der Waals surface area contributed by atoms with E-state index < -0.39 is 0 Å². The number of hydrogen-bond acceptors (Lipinski definition) is 3. The standard InChI is InChI=1S/C20H20N2O3/c1-13-8-9-15-10-16(20(24)22-19(15)14(13)2)11-21-18(23)12-25-17-6-4-3-5-7-17/h3-10H,11-12H2,1-2H3,(H,21,23)(H,22,24). The average molecular weight is 336 g/mol. The van der Waals surface area contributed by atoms with Crippen LogP contribution in [0.1, 0.15) is 16.7 Å². The van der Waals surface area contributed by atoms with Crippen molar-refractivity contribution in [1.29, 1.82) is 0 Å². The molecule has 3 aromatic rings. The fraction of sp³-hybridized carbons (Fsp3) is 0.200. The van der Waals surface area contributed by atoms with Crippen molar-refractivity contribution in [2.24, 2.45) is 0 Å². The highest BCUT2D eigenvalue weighted by molar-refractivity contribution is 5.83. The van der Waals surface area contributed by atoms with E-state index in [2.05, 4.69) is 10.3 Å². The molecule has 25 heavy (non-hydrogen) atoms. The van der Waals surface area contributed by atoms with E-state index in [0.717, 1.165) is 22.0 Å². The Morgan fingerprint density at radius 3 is 2.64 bits per heavy atom. The van der Waals surface area contributed by atoms with Crippen LogP contribution in [0.4, 0.5) is 0 Å². The van der Waals surface area contributed by atoms with E-state index in [0.29, 0.717) is 11.3 Å². The SMILES string of the molecule is Cc1ccc2cc(CNC(=O)COc3ccccc3)c(=O)[nH]c2c1C. The zero-order valence-electron chi connectivity index (χ0n) is 14.3. The van der Waals surface area contributed by atoms with Gasteiger partial charge in [-0.05, 0) is 48.6 Å². The van der Waals surface area contributed by atoms with Gasteiger partial charge in [0.25, 0.3) is 11.5 Å². The van der Waals surface area contributed by atoms with Crippen LogP contribution in [0.3, 0.4) is 0 Å². The lowest BCUT2D eigenvalue weighted by atomic mass is 10.0. The average Bonchev–Trinajstić information content (AvgIpc) is 2.63. The van der Waals surface area contributed by atoms with Gasteiger partial charge in [0.1, 0.15) is 5.75 Å². The van der Waals surface area contributed by atoms with E-state index in [1.807, 2.05) is 50.2 Å². The Labute approximate surface area is 145 Å². The summed E-state index contributed by atoms with van der Waals surface area (Å²) in [7, 11) is 0. The minimum absolute atomic E-state index is 0.0895. The number of nitrogens with one attached hydrogen (secondary N) is 2. The zero-order valence-corrected chi connectivity index (χ0v) is 14.3. The molecule has 0 spiro atoms. The lowest BCUT2D eigenvalue weighted by Crippen LogP contribution is -2.30. The monoisotopic (exact) mass is 336 g/mol. The zero-order chi connectivity index (χ0) is 17.8. The maximum absolute atomic E-state index is 12.3. The van der Waals surface area contributed by atoms with Gasteiger partial charge in [0, 0.05) is 12.1 Å². The van der Waals surface area contributed by atoms with E-state index in [1.54, 1.807) is 12.1 Å². The lowest BCUT2D eigenvalue weighted by Gasteiger charge is -2.09. The molecule has 0 fully saturated rings. The number of carbonyl (C=O) groups excluding carboxylic acids is 1. The first-order chi connectivity index (χ1) is 12.0. The second kappa shape index (κ2) is 7.21. The first kappa shape index (κ1) is 16.8. The third-order valence-corrected chi connectivity index (χ3v) is 4.22. The molecule has 128 valence electrons. The highest BCUT2D eigenvalue weighted by Gasteiger charge is 2.08. The number of carbonyl (C=O) groups is 1. The molecule has 1 aromatic heterocycles. The molecule has 5 heteroatoms. The minimum Gasteiger partial charge on any atom is -0.484 e.